The Morgan fingerprint density at radius 2 is 1.97 bits per heavy atom. The van der Waals surface area contributed by atoms with Crippen LogP contribution in [0.1, 0.15) is 27.2 Å². The molecule has 7 nitrogen and oxygen atoms in total. The Bertz CT molecular complexity index is 1180. The summed E-state index contributed by atoms with van der Waals surface area (Å²) in [5.41, 5.74) is -0.695. The number of nitrogens with one attached hydrogen (secondary N) is 1. The van der Waals surface area contributed by atoms with Gasteiger partial charge in [0.25, 0.3) is 10.0 Å². The summed E-state index contributed by atoms with van der Waals surface area (Å²) in [5, 5.41) is -0.537. The monoisotopic (exact) mass is 520 g/mol. The number of sulfonamides is 1. The lowest BCUT2D eigenvalue weighted by Gasteiger charge is -2.39. The molecule has 0 unspecified atom stereocenters. The summed E-state index contributed by atoms with van der Waals surface area (Å²) >= 11 is 6.20. The van der Waals surface area contributed by atoms with Crippen LogP contribution in [0.15, 0.2) is 29.2 Å². The number of hydrogen-bond donors (Lipinski definition) is 1. The first-order valence-corrected chi connectivity index (χ1v) is 12.4. The van der Waals surface area contributed by atoms with Gasteiger partial charge in [-0.1, -0.05) is 17.7 Å². The molecular weight excluding hydrogens is 493 g/mol. The number of ether oxygens (including phenoxy) is 1. The van der Waals surface area contributed by atoms with Crippen LogP contribution in [-0.4, -0.2) is 63.2 Å². The summed E-state index contributed by atoms with van der Waals surface area (Å²) in [6.45, 7) is 7.48. The van der Waals surface area contributed by atoms with Crippen LogP contribution in [0.4, 0.5) is 24.7 Å². The van der Waals surface area contributed by atoms with Crippen molar-refractivity contribution in [3.8, 4) is 0 Å². The molecule has 1 saturated heterocycles. The van der Waals surface area contributed by atoms with Crippen LogP contribution in [0.2, 0.25) is 5.02 Å². The number of hydrogen-bond acceptors (Lipinski definition) is 6. The van der Waals surface area contributed by atoms with Crippen LogP contribution in [-0.2, 0) is 14.8 Å². The Balaban J connectivity index is 1.91. The topological polar surface area (TPSA) is 74.8 Å². The third-order valence-electron chi connectivity index (χ3n) is 6.08. The molecule has 0 aliphatic carbocycles. The zero-order valence-corrected chi connectivity index (χ0v) is 21.2. The summed E-state index contributed by atoms with van der Waals surface area (Å²) in [7, 11) is -1.22. The second-order valence-corrected chi connectivity index (χ2v) is 11.4. The summed E-state index contributed by atoms with van der Waals surface area (Å²) < 4.78 is 76.4. The van der Waals surface area contributed by atoms with Crippen LogP contribution < -0.4 is 9.62 Å². The van der Waals surface area contributed by atoms with E-state index in [1.807, 2.05) is 11.8 Å². The van der Waals surface area contributed by atoms with Gasteiger partial charge in [0.05, 0.1) is 11.3 Å². The lowest BCUT2D eigenvalue weighted by molar-refractivity contribution is -0.0316. The maximum Gasteiger partial charge on any atom is 0.268 e. The molecule has 12 heteroatoms. The van der Waals surface area contributed by atoms with Crippen LogP contribution in [0.25, 0.3) is 0 Å². The smallest absolute Gasteiger partial charge is 0.268 e. The highest BCUT2D eigenvalue weighted by Gasteiger charge is 2.42. The molecule has 1 aliphatic heterocycles. The Kier molecular flexibility index (Phi) is 7.43. The molecule has 2 heterocycles. The van der Waals surface area contributed by atoms with E-state index in [-0.39, 0.29) is 11.2 Å². The van der Waals surface area contributed by atoms with Gasteiger partial charge in [-0.25, -0.2) is 22.2 Å². The molecule has 188 valence electrons. The molecule has 0 radical (unpaired) electrons. The molecule has 0 saturated carbocycles. The normalized spacial score (nSPS) is 19.2. The lowest BCUT2D eigenvalue weighted by atomic mass is 9.98. The molecule has 0 amide bonds. The first-order valence-electron chi connectivity index (χ1n) is 10.5. The van der Waals surface area contributed by atoms with Gasteiger partial charge < -0.3 is 9.64 Å². The number of halogens is 4. The van der Waals surface area contributed by atoms with Crippen LogP contribution in [0.3, 0.4) is 0 Å². The Labute approximate surface area is 202 Å². The Morgan fingerprint density at radius 1 is 1.29 bits per heavy atom. The van der Waals surface area contributed by atoms with Gasteiger partial charge in [-0.3, -0.25) is 9.62 Å². The molecule has 2 aromatic rings. The second kappa shape index (κ2) is 9.52. The zero-order valence-electron chi connectivity index (χ0n) is 19.6. The van der Waals surface area contributed by atoms with Crippen molar-refractivity contribution in [1.82, 2.24) is 9.88 Å². The third kappa shape index (κ3) is 5.42. The van der Waals surface area contributed by atoms with E-state index in [0.717, 1.165) is 18.2 Å². The molecule has 1 aromatic carbocycles. The Morgan fingerprint density at radius 3 is 2.56 bits per heavy atom. The Hall–Kier alpha value is -2.08. The predicted molar refractivity (Wildman–Crippen MR) is 125 cm³/mol. The first-order chi connectivity index (χ1) is 15.7. The van der Waals surface area contributed by atoms with Gasteiger partial charge in [0, 0.05) is 38.3 Å². The minimum absolute atomic E-state index is 0.0248. The zero-order chi connectivity index (χ0) is 25.5. The summed E-state index contributed by atoms with van der Waals surface area (Å²) in [6.07, 6.45) is 0.580. The van der Waals surface area contributed by atoms with E-state index in [9.17, 15) is 17.2 Å². The number of aromatic nitrogens is 1. The summed E-state index contributed by atoms with van der Waals surface area (Å²) in [4.78, 5) is 5.89. The first kappa shape index (κ1) is 26.5. The molecule has 1 aliphatic rings. The number of nitrogens with zero attached hydrogens (tertiary/aromatic N) is 3. The van der Waals surface area contributed by atoms with Gasteiger partial charge in [-0.05, 0) is 46.4 Å². The van der Waals surface area contributed by atoms with Crippen LogP contribution in [0, 0.1) is 17.6 Å². The van der Waals surface area contributed by atoms with Crippen LogP contribution in [0.5, 0.6) is 0 Å². The number of benzene rings is 1. The van der Waals surface area contributed by atoms with Gasteiger partial charge in [-0.15, -0.1) is 0 Å². The van der Waals surface area contributed by atoms with Gasteiger partial charge in [0.1, 0.15) is 16.7 Å². The van der Waals surface area contributed by atoms with Gasteiger partial charge >= 0.3 is 0 Å². The highest BCUT2D eigenvalue weighted by atomic mass is 35.5. The molecule has 1 atom stereocenters. The maximum absolute atomic E-state index is 15.1. The summed E-state index contributed by atoms with van der Waals surface area (Å²) in [5.74, 6) is -4.15. The predicted octanol–water partition coefficient (Wildman–Crippen LogP) is 4.28. The minimum Gasteiger partial charge on any atom is -0.375 e. The number of methoxy groups -OCH3 is 1. The van der Waals surface area contributed by atoms with E-state index in [1.165, 1.54) is 6.07 Å². The van der Waals surface area contributed by atoms with Crippen molar-refractivity contribution >= 4 is 33.1 Å². The standard InChI is InChI=1S/C22H28ClF3N4O3S/c1-21(2,3)29(4)12-22(33-5)9-10-30(13-22)15-11-14(24)20(19(26)18(15)23)34(31,32)28-17-8-6-7-16(25)27-17/h6-8,11H,9-10,12-13H2,1-5H3,(H,27,28)/t22-/m1/s1. The highest BCUT2D eigenvalue weighted by Crippen LogP contribution is 2.39. The average Bonchev–Trinajstić information content (AvgIpc) is 3.14. The van der Waals surface area contributed by atoms with Crippen LogP contribution >= 0.6 is 11.6 Å². The van der Waals surface area contributed by atoms with E-state index in [2.05, 4.69) is 30.7 Å². The van der Waals surface area contributed by atoms with Crippen molar-refractivity contribution in [2.24, 2.45) is 0 Å². The third-order valence-corrected chi connectivity index (χ3v) is 7.83. The summed E-state index contributed by atoms with van der Waals surface area (Å²) in [6, 6.07) is 4.24. The SMILES string of the molecule is CO[C@@]1(CN(C)C(C)(C)C)CCN(c2cc(F)c(S(=O)(=O)Nc3cccc(F)n3)c(F)c2Cl)C1. The number of rotatable bonds is 7. The van der Waals surface area contributed by atoms with Crippen molar-refractivity contribution in [2.45, 2.75) is 43.2 Å². The van der Waals surface area contributed by atoms with E-state index < -0.39 is 48.9 Å². The van der Waals surface area contributed by atoms with E-state index in [0.29, 0.717) is 26.1 Å². The molecule has 1 fully saturated rings. The largest absolute Gasteiger partial charge is 0.375 e. The maximum atomic E-state index is 15.1. The fourth-order valence-electron chi connectivity index (χ4n) is 3.78. The molecule has 34 heavy (non-hydrogen) atoms. The van der Waals surface area contributed by atoms with Crippen molar-refractivity contribution in [2.75, 3.05) is 43.4 Å². The quantitative estimate of drug-likeness (QED) is 0.434. The van der Waals surface area contributed by atoms with E-state index in [4.69, 9.17) is 16.3 Å². The second-order valence-electron chi connectivity index (χ2n) is 9.37. The molecule has 1 aromatic heterocycles. The number of pyridine rings is 1. The van der Waals surface area contributed by atoms with Crippen molar-refractivity contribution < 1.29 is 26.3 Å². The molecule has 1 N–H and O–H groups in total. The molecular formula is C22H28ClF3N4O3S. The highest BCUT2D eigenvalue weighted by molar-refractivity contribution is 7.92. The van der Waals surface area contributed by atoms with E-state index >= 15 is 4.39 Å². The van der Waals surface area contributed by atoms with Crippen molar-refractivity contribution in [1.29, 1.82) is 0 Å². The molecule has 0 spiro atoms. The average molecular weight is 521 g/mol. The van der Waals surface area contributed by atoms with Gasteiger partial charge in [-0.2, -0.15) is 4.39 Å². The molecule has 3 rings (SSSR count). The fraction of sp³-hybridized carbons (Fsp3) is 0.500. The van der Waals surface area contributed by atoms with Crippen molar-refractivity contribution in [3.05, 3.63) is 46.9 Å². The van der Waals surface area contributed by atoms with E-state index in [1.54, 1.807) is 12.0 Å². The lowest BCUT2D eigenvalue weighted by Crippen LogP contribution is -2.51. The fourth-order valence-corrected chi connectivity index (χ4v) is 5.25. The van der Waals surface area contributed by atoms with Gasteiger partial charge in [0.15, 0.2) is 10.7 Å². The van der Waals surface area contributed by atoms with Gasteiger partial charge in [0.2, 0.25) is 5.95 Å². The molecule has 0 bridgehead atoms. The number of likely N-dealkylation sites (N-methyl/N-ethyl adjacent to an activating group) is 1. The van der Waals surface area contributed by atoms with Crippen molar-refractivity contribution in [3.63, 3.8) is 0 Å². The minimum atomic E-state index is -4.78. The number of anilines is 2.